The van der Waals surface area contributed by atoms with Gasteiger partial charge in [-0.3, -0.25) is 4.79 Å². The first-order chi connectivity index (χ1) is 4.92. The van der Waals surface area contributed by atoms with Crippen LogP contribution in [-0.2, 0) is 4.79 Å². The monoisotopic (exact) mass is 156 g/mol. The van der Waals surface area contributed by atoms with Crippen LogP contribution in [0.4, 0.5) is 0 Å². The lowest BCUT2D eigenvalue weighted by Crippen LogP contribution is -2.20. The standard InChI is InChI=1S/C6H8N2OS/c9-1-5-6-2-10-4-8(6)3-7-5/h1,7H,2-4H2. The Morgan fingerprint density at radius 2 is 2.60 bits per heavy atom. The Labute approximate surface area is 63.5 Å². The molecule has 0 aliphatic carbocycles. The van der Waals surface area contributed by atoms with Gasteiger partial charge in [-0.2, -0.15) is 0 Å². The Morgan fingerprint density at radius 1 is 1.70 bits per heavy atom. The minimum atomic E-state index is 0.782. The average molecular weight is 156 g/mol. The van der Waals surface area contributed by atoms with E-state index < -0.39 is 0 Å². The second-order valence-electron chi connectivity index (χ2n) is 2.33. The number of thioether (sulfide) groups is 1. The molecule has 0 radical (unpaired) electrons. The smallest absolute Gasteiger partial charge is 0.167 e. The molecule has 4 heteroatoms. The lowest BCUT2D eigenvalue weighted by atomic mass is 10.4. The van der Waals surface area contributed by atoms with Crippen molar-refractivity contribution in [3.05, 3.63) is 11.4 Å². The van der Waals surface area contributed by atoms with Gasteiger partial charge in [0.25, 0.3) is 0 Å². The molecule has 0 aromatic carbocycles. The number of hydrogen-bond acceptors (Lipinski definition) is 4. The van der Waals surface area contributed by atoms with Gasteiger partial charge in [-0.05, 0) is 0 Å². The normalized spacial score (nSPS) is 23.0. The van der Waals surface area contributed by atoms with Gasteiger partial charge in [-0.25, -0.2) is 0 Å². The van der Waals surface area contributed by atoms with Crippen molar-refractivity contribution in [3.8, 4) is 0 Å². The summed E-state index contributed by atoms with van der Waals surface area (Å²) in [5, 5.41) is 3.03. The van der Waals surface area contributed by atoms with Crippen LogP contribution in [0.2, 0.25) is 0 Å². The van der Waals surface area contributed by atoms with Gasteiger partial charge in [0.05, 0.1) is 23.9 Å². The first kappa shape index (κ1) is 6.09. The zero-order chi connectivity index (χ0) is 6.97. The van der Waals surface area contributed by atoms with Crippen LogP contribution in [0.15, 0.2) is 11.4 Å². The summed E-state index contributed by atoms with van der Waals surface area (Å²) in [6.07, 6.45) is 0.904. The quantitative estimate of drug-likeness (QED) is 0.540. The highest BCUT2D eigenvalue weighted by Gasteiger charge is 2.25. The molecule has 0 amide bonds. The molecule has 0 saturated carbocycles. The third-order valence-electron chi connectivity index (χ3n) is 1.76. The van der Waals surface area contributed by atoms with E-state index in [4.69, 9.17) is 0 Å². The average Bonchev–Trinajstić information content (AvgIpc) is 2.44. The Kier molecular flexibility index (Phi) is 1.34. The highest BCUT2D eigenvalue weighted by Crippen LogP contribution is 2.27. The van der Waals surface area contributed by atoms with Crippen molar-refractivity contribution in [2.45, 2.75) is 0 Å². The fourth-order valence-electron chi connectivity index (χ4n) is 1.20. The van der Waals surface area contributed by atoms with Gasteiger partial charge in [-0.15, -0.1) is 11.8 Å². The molecule has 0 unspecified atom stereocenters. The molecule has 3 nitrogen and oxygen atoms in total. The predicted octanol–water partition coefficient (Wildman–Crippen LogP) is -0.0361. The highest BCUT2D eigenvalue weighted by molar-refractivity contribution is 7.99. The number of nitrogens with zero attached hydrogens (tertiary/aromatic N) is 1. The van der Waals surface area contributed by atoms with Gasteiger partial charge in [-0.1, -0.05) is 0 Å². The van der Waals surface area contributed by atoms with Crippen LogP contribution >= 0.6 is 11.8 Å². The molecule has 0 spiro atoms. The Hall–Kier alpha value is -0.640. The number of carbonyl (C=O) groups is 1. The van der Waals surface area contributed by atoms with E-state index in [1.165, 1.54) is 5.70 Å². The van der Waals surface area contributed by atoms with Crippen LogP contribution in [0.25, 0.3) is 0 Å². The van der Waals surface area contributed by atoms with Crippen molar-refractivity contribution in [1.29, 1.82) is 0 Å². The maximum atomic E-state index is 10.4. The topological polar surface area (TPSA) is 32.3 Å². The predicted molar refractivity (Wildman–Crippen MR) is 40.3 cm³/mol. The van der Waals surface area contributed by atoms with Crippen LogP contribution < -0.4 is 5.32 Å². The fourth-order valence-corrected chi connectivity index (χ4v) is 2.29. The van der Waals surface area contributed by atoms with E-state index in [2.05, 4.69) is 10.2 Å². The van der Waals surface area contributed by atoms with Crippen LogP contribution in [0.5, 0.6) is 0 Å². The van der Waals surface area contributed by atoms with Crippen LogP contribution in [0.3, 0.4) is 0 Å². The van der Waals surface area contributed by atoms with Crippen LogP contribution in [-0.4, -0.2) is 29.5 Å². The maximum absolute atomic E-state index is 10.4. The second-order valence-corrected chi connectivity index (χ2v) is 3.29. The first-order valence-corrected chi connectivity index (χ1v) is 4.32. The van der Waals surface area contributed by atoms with Crippen LogP contribution in [0, 0.1) is 0 Å². The summed E-state index contributed by atoms with van der Waals surface area (Å²) < 4.78 is 0. The van der Waals surface area contributed by atoms with Gasteiger partial charge in [0, 0.05) is 5.75 Å². The van der Waals surface area contributed by atoms with Crippen molar-refractivity contribution < 1.29 is 4.79 Å². The molecule has 54 valence electrons. The fraction of sp³-hybridized carbons (Fsp3) is 0.500. The summed E-state index contributed by atoms with van der Waals surface area (Å²) in [5.74, 6) is 2.01. The minimum absolute atomic E-state index is 0.782. The highest BCUT2D eigenvalue weighted by atomic mass is 32.2. The molecule has 2 aliphatic heterocycles. The number of hydrogen-bond donors (Lipinski definition) is 1. The van der Waals surface area contributed by atoms with Crippen molar-refractivity contribution in [3.63, 3.8) is 0 Å². The summed E-state index contributed by atoms with van der Waals surface area (Å²) in [5.41, 5.74) is 1.96. The molecule has 2 heterocycles. The van der Waals surface area contributed by atoms with Crippen molar-refractivity contribution in [2.24, 2.45) is 0 Å². The SMILES string of the molecule is O=CC1=C2CSCN2CN1. The molecule has 0 aromatic rings. The van der Waals surface area contributed by atoms with Gasteiger partial charge in [0.1, 0.15) is 0 Å². The molecular formula is C6H8N2OS. The zero-order valence-electron chi connectivity index (χ0n) is 5.46. The molecule has 1 saturated heterocycles. The van der Waals surface area contributed by atoms with Crippen molar-refractivity contribution in [1.82, 2.24) is 10.2 Å². The van der Waals surface area contributed by atoms with E-state index >= 15 is 0 Å². The summed E-state index contributed by atoms with van der Waals surface area (Å²) in [6.45, 7) is 0.816. The minimum Gasteiger partial charge on any atom is -0.364 e. The first-order valence-electron chi connectivity index (χ1n) is 3.16. The summed E-state index contributed by atoms with van der Waals surface area (Å²) in [4.78, 5) is 12.6. The molecule has 1 N–H and O–H groups in total. The molecule has 0 aromatic heterocycles. The Balaban J connectivity index is 2.30. The number of allylic oxidation sites excluding steroid dienone is 1. The van der Waals surface area contributed by atoms with E-state index in [1.807, 2.05) is 11.8 Å². The van der Waals surface area contributed by atoms with E-state index in [0.717, 1.165) is 30.3 Å². The van der Waals surface area contributed by atoms with E-state index in [0.29, 0.717) is 0 Å². The third kappa shape index (κ3) is 0.718. The lowest BCUT2D eigenvalue weighted by Gasteiger charge is -2.08. The van der Waals surface area contributed by atoms with Crippen LogP contribution in [0.1, 0.15) is 0 Å². The van der Waals surface area contributed by atoms with E-state index in [9.17, 15) is 4.79 Å². The van der Waals surface area contributed by atoms with Crippen molar-refractivity contribution >= 4 is 18.0 Å². The second kappa shape index (κ2) is 2.20. The molecule has 2 aliphatic rings. The molecule has 0 atom stereocenters. The Bertz CT molecular complexity index is 202. The van der Waals surface area contributed by atoms with Gasteiger partial charge in [0.15, 0.2) is 6.29 Å². The zero-order valence-corrected chi connectivity index (χ0v) is 6.28. The summed E-state index contributed by atoms with van der Waals surface area (Å²) in [6, 6.07) is 0. The summed E-state index contributed by atoms with van der Waals surface area (Å²) in [7, 11) is 0. The number of fused-ring (bicyclic) bond motifs is 1. The number of nitrogens with one attached hydrogen (secondary N) is 1. The number of carbonyl (C=O) groups excluding carboxylic acids is 1. The van der Waals surface area contributed by atoms with E-state index in [1.54, 1.807) is 0 Å². The molecule has 10 heavy (non-hydrogen) atoms. The third-order valence-corrected chi connectivity index (χ3v) is 2.73. The van der Waals surface area contributed by atoms with E-state index in [-0.39, 0.29) is 0 Å². The summed E-state index contributed by atoms with van der Waals surface area (Å²) >= 11 is 1.85. The number of aldehydes is 1. The lowest BCUT2D eigenvalue weighted by molar-refractivity contribution is -0.105. The molecule has 1 fully saturated rings. The van der Waals surface area contributed by atoms with Gasteiger partial charge >= 0.3 is 0 Å². The van der Waals surface area contributed by atoms with Gasteiger partial charge in [0.2, 0.25) is 0 Å². The Morgan fingerprint density at radius 3 is 3.40 bits per heavy atom. The van der Waals surface area contributed by atoms with Gasteiger partial charge < -0.3 is 10.2 Å². The molecule has 0 bridgehead atoms. The number of rotatable bonds is 1. The molecular weight excluding hydrogens is 148 g/mol. The van der Waals surface area contributed by atoms with Crippen molar-refractivity contribution in [2.75, 3.05) is 18.3 Å². The largest absolute Gasteiger partial charge is 0.364 e. The maximum Gasteiger partial charge on any atom is 0.167 e. The molecule has 2 rings (SSSR count).